The first kappa shape index (κ1) is 12.1. The van der Waals surface area contributed by atoms with Crippen molar-refractivity contribution in [2.45, 2.75) is 19.8 Å². The molecular formula is C14H19N5. The van der Waals surface area contributed by atoms with Crippen molar-refractivity contribution in [3.63, 3.8) is 0 Å². The van der Waals surface area contributed by atoms with Crippen LogP contribution in [0.2, 0.25) is 0 Å². The van der Waals surface area contributed by atoms with E-state index in [1.165, 1.54) is 12.0 Å². The van der Waals surface area contributed by atoms with Crippen LogP contribution in [0.25, 0.3) is 0 Å². The van der Waals surface area contributed by atoms with Crippen molar-refractivity contribution >= 4 is 5.95 Å². The highest BCUT2D eigenvalue weighted by molar-refractivity contribution is 5.32. The third kappa shape index (κ3) is 2.75. The predicted molar refractivity (Wildman–Crippen MR) is 74.0 cm³/mol. The van der Waals surface area contributed by atoms with E-state index < -0.39 is 0 Å². The maximum absolute atomic E-state index is 4.50. The Labute approximate surface area is 113 Å². The van der Waals surface area contributed by atoms with E-state index in [2.05, 4.69) is 26.2 Å². The molecule has 5 nitrogen and oxygen atoms in total. The lowest BCUT2D eigenvalue weighted by Crippen LogP contribution is -2.22. The van der Waals surface area contributed by atoms with E-state index in [1.54, 1.807) is 0 Å². The molecule has 0 saturated carbocycles. The van der Waals surface area contributed by atoms with Gasteiger partial charge in [-0.1, -0.05) is 0 Å². The molecule has 5 heteroatoms. The van der Waals surface area contributed by atoms with Crippen molar-refractivity contribution in [2.24, 2.45) is 13.0 Å². The van der Waals surface area contributed by atoms with E-state index in [9.17, 15) is 0 Å². The summed E-state index contributed by atoms with van der Waals surface area (Å²) in [5, 5.41) is 4.23. The maximum Gasteiger partial charge on any atom is 0.225 e. The maximum atomic E-state index is 4.50. The summed E-state index contributed by atoms with van der Waals surface area (Å²) in [5.41, 5.74) is 2.35. The molecule has 1 atom stereocenters. The van der Waals surface area contributed by atoms with Crippen molar-refractivity contribution in [1.29, 1.82) is 0 Å². The second kappa shape index (κ2) is 4.99. The summed E-state index contributed by atoms with van der Waals surface area (Å²) in [7, 11) is 1.96. The normalized spacial score (nSPS) is 19.1. The summed E-state index contributed by atoms with van der Waals surface area (Å²) in [6.07, 6.45) is 8.20. The van der Waals surface area contributed by atoms with Crippen molar-refractivity contribution in [2.75, 3.05) is 18.0 Å². The van der Waals surface area contributed by atoms with Crippen LogP contribution < -0.4 is 4.90 Å². The molecule has 1 aliphatic heterocycles. The van der Waals surface area contributed by atoms with Crippen LogP contribution in [0, 0.1) is 12.8 Å². The zero-order chi connectivity index (χ0) is 13.2. The Hall–Kier alpha value is -1.91. The molecule has 1 saturated heterocycles. The van der Waals surface area contributed by atoms with E-state index in [4.69, 9.17) is 0 Å². The second-order valence-electron chi connectivity index (χ2n) is 5.33. The molecule has 3 rings (SSSR count). The first-order valence-electron chi connectivity index (χ1n) is 6.73. The Balaban J connectivity index is 1.64. The third-order valence-corrected chi connectivity index (χ3v) is 3.63. The van der Waals surface area contributed by atoms with Gasteiger partial charge in [-0.2, -0.15) is 5.10 Å². The van der Waals surface area contributed by atoms with Crippen LogP contribution >= 0.6 is 0 Å². The van der Waals surface area contributed by atoms with E-state index in [0.717, 1.165) is 31.2 Å². The highest BCUT2D eigenvalue weighted by atomic mass is 15.3. The quantitative estimate of drug-likeness (QED) is 0.837. The number of anilines is 1. The average molecular weight is 257 g/mol. The highest BCUT2D eigenvalue weighted by Crippen LogP contribution is 2.23. The topological polar surface area (TPSA) is 46.8 Å². The standard InChI is InChI=1S/C14H19N5/c1-11-3-5-15-14(17-11)19-6-4-12(10-19)7-13-8-16-18(2)9-13/h3,5,8-9,12H,4,6-7,10H2,1-2H3. The molecular weight excluding hydrogens is 238 g/mol. The predicted octanol–water partition coefficient (Wildman–Crippen LogP) is 1.59. The molecule has 0 radical (unpaired) electrons. The average Bonchev–Trinajstić information content (AvgIpc) is 2.99. The van der Waals surface area contributed by atoms with Gasteiger partial charge in [0.05, 0.1) is 6.20 Å². The Bertz CT molecular complexity index is 562. The first-order valence-corrected chi connectivity index (χ1v) is 6.73. The Morgan fingerprint density at radius 1 is 1.42 bits per heavy atom. The third-order valence-electron chi connectivity index (χ3n) is 3.63. The fourth-order valence-corrected chi connectivity index (χ4v) is 2.68. The van der Waals surface area contributed by atoms with Crippen LogP contribution in [0.3, 0.4) is 0 Å². The fourth-order valence-electron chi connectivity index (χ4n) is 2.68. The summed E-state index contributed by atoms with van der Waals surface area (Å²) in [4.78, 5) is 11.2. The summed E-state index contributed by atoms with van der Waals surface area (Å²) in [6, 6.07) is 1.94. The molecule has 1 unspecified atom stereocenters. The van der Waals surface area contributed by atoms with Gasteiger partial charge in [0.25, 0.3) is 0 Å². The fraction of sp³-hybridized carbons (Fsp3) is 0.500. The molecule has 0 aliphatic carbocycles. The Morgan fingerprint density at radius 3 is 3.05 bits per heavy atom. The van der Waals surface area contributed by atoms with Gasteiger partial charge in [0.2, 0.25) is 5.95 Å². The summed E-state index contributed by atoms with van der Waals surface area (Å²) in [5.74, 6) is 1.54. The Kier molecular flexibility index (Phi) is 3.19. The lowest BCUT2D eigenvalue weighted by Gasteiger charge is -2.16. The molecule has 0 spiro atoms. The van der Waals surface area contributed by atoms with Crippen molar-refractivity contribution in [3.8, 4) is 0 Å². The van der Waals surface area contributed by atoms with Crippen LogP contribution in [0.5, 0.6) is 0 Å². The van der Waals surface area contributed by atoms with Gasteiger partial charge in [-0.15, -0.1) is 0 Å². The lowest BCUT2D eigenvalue weighted by molar-refractivity contribution is 0.585. The smallest absolute Gasteiger partial charge is 0.225 e. The van der Waals surface area contributed by atoms with Gasteiger partial charge in [-0.05, 0) is 37.3 Å². The molecule has 2 aromatic heterocycles. The van der Waals surface area contributed by atoms with Gasteiger partial charge in [0.1, 0.15) is 0 Å². The molecule has 0 amide bonds. The molecule has 0 N–H and O–H groups in total. The van der Waals surface area contributed by atoms with Gasteiger partial charge in [-0.25, -0.2) is 9.97 Å². The van der Waals surface area contributed by atoms with Crippen LogP contribution in [-0.2, 0) is 13.5 Å². The zero-order valence-corrected chi connectivity index (χ0v) is 11.5. The van der Waals surface area contributed by atoms with Gasteiger partial charge >= 0.3 is 0 Å². The number of aryl methyl sites for hydroxylation is 2. The number of aromatic nitrogens is 4. The molecule has 0 bridgehead atoms. The molecule has 3 heterocycles. The summed E-state index contributed by atoms with van der Waals surface area (Å²) in [6.45, 7) is 4.10. The van der Waals surface area contributed by atoms with Crippen LogP contribution in [-0.4, -0.2) is 32.8 Å². The largest absolute Gasteiger partial charge is 0.341 e. The molecule has 100 valence electrons. The van der Waals surface area contributed by atoms with E-state index in [0.29, 0.717) is 5.92 Å². The van der Waals surface area contributed by atoms with E-state index in [-0.39, 0.29) is 0 Å². The van der Waals surface area contributed by atoms with Crippen LogP contribution in [0.15, 0.2) is 24.7 Å². The van der Waals surface area contributed by atoms with Gasteiger partial charge in [-0.3, -0.25) is 4.68 Å². The molecule has 1 fully saturated rings. The minimum absolute atomic E-state index is 0.674. The monoisotopic (exact) mass is 257 g/mol. The zero-order valence-electron chi connectivity index (χ0n) is 11.5. The minimum Gasteiger partial charge on any atom is -0.341 e. The summed E-state index contributed by atoms with van der Waals surface area (Å²) < 4.78 is 1.87. The minimum atomic E-state index is 0.674. The SMILES string of the molecule is Cc1ccnc(N2CCC(Cc3cnn(C)c3)C2)n1. The van der Waals surface area contributed by atoms with Crippen molar-refractivity contribution < 1.29 is 0 Å². The number of nitrogens with zero attached hydrogens (tertiary/aromatic N) is 5. The lowest BCUT2D eigenvalue weighted by atomic mass is 10.0. The first-order chi connectivity index (χ1) is 9.20. The van der Waals surface area contributed by atoms with Crippen molar-refractivity contribution in [3.05, 3.63) is 35.9 Å². The van der Waals surface area contributed by atoms with Gasteiger partial charge in [0.15, 0.2) is 0 Å². The molecule has 1 aliphatic rings. The molecule has 0 aromatic carbocycles. The summed E-state index contributed by atoms with van der Waals surface area (Å²) >= 11 is 0. The van der Waals surface area contributed by atoms with Crippen LogP contribution in [0.4, 0.5) is 5.95 Å². The van der Waals surface area contributed by atoms with E-state index >= 15 is 0 Å². The van der Waals surface area contributed by atoms with Crippen LogP contribution in [0.1, 0.15) is 17.7 Å². The highest BCUT2D eigenvalue weighted by Gasteiger charge is 2.24. The van der Waals surface area contributed by atoms with E-state index in [1.807, 2.05) is 37.1 Å². The Morgan fingerprint density at radius 2 is 2.32 bits per heavy atom. The van der Waals surface area contributed by atoms with Gasteiger partial charge in [0, 0.05) is 38.2 Å². The van der Waals surface area contributed by atoms with Crippen molar-refractivity contribution in [1.82, 2.24) is 19.7 Å². The number of hydrogen-bond donors (Lipinski definition) is 0. The molecule has 2 aromatic rings. The second-order valence-corrected chi connectivity index (χ2v) is 5.33. The number of rotatable bonds is 3. The number of hydrogen-bond acceptors (Lipinski definition) is 4. The molecule has 19 heavy (non-hydrogen) atoms. The van der Waals surface area contributed by atoms with Gasteiger partial charge < -0.3 is 4.90 Å².